The van der Waals surface area contributed by atoms with E-state index in [1.807, 2.05) is 38.1 Å². The van der Waals surface area contributed by atoms with Crippen LogP contribution in [0.1, 0.15) is 30.8 Å². The molecule has 100 valence electrons. The summed E-state index contributed by atoms with van der Waals surface area (Å²) in [4.78, 5) is 11.9. The van der Waals surface area contributed by atoms with Gasteiger partial charge in [0.05, 0.1) is 0 Å². The first kappa shape index (κ1) is 13.8. The van der Waals surface area contributed by atoms with Gasteiger partial charge in [0.1, 0.15) is 0 Å². The average Bonchev–Trinajstić information content (AvgIpc) is 2.89. The van der Waals surface area contributed by atoms with Crippen LogP contribution in [0.4, 0.5) is 0 Å². The molecule has 0 saturated carbocycles. The summed E-state index contributed by atoms with van der Waals surface area (Å²) < 4.78 is 6.19. The number of aromatic nitrogens is 1. The minimum Gasteiger partial charge on any atom is -0.355 e. The Hall–Kier alpha value is -1.62. The van der Waals surface area contributed by atoms with Gasteiger partial charge in [0.15, 0.2) is 11.5 Å². The van der Waals surface area contributed by atoms with Crippen LogP contribution in [0.3, 0.4) is 0 Å². The molecule has 2 rings (SSSR count). The standard InChI is InChI=1S/C14H15BrN2O2/c1-3-9(2)16-14(18)12-8-13(19-17-12)10-4-6-11(15)7-5-10/h4-9H,3H2,1-2H3,(H,16,18)/t9-/m1/s1. The highest BCUT2D eigenvalue weighted by molar-refractivity contribution is 9.10. The van der Waals surface area contributed by atoms with Gasteiger partial charge in [0, 0.05) is 22.1 Å². The summed E-state index contributed by atoms with van der Waals surface area (Å²) in [7, 11) is 0. The normalized spacial score (nSPS) is 12.2. The predicted octanol–water partition coefficient (Wildman–Crippen LogP) is 3.63. The number of nitrogens with zero attached hydrogens (tertiary/aromatic N) is 1. The van der Waals surface area contributed by atoms with Crippen LogP contribution in [-0.4, -0.2) is 17.1 Å². The molecule has 0 spiro atoms. The minimum absolute atomic E-state index is 0.125. The molecule has 0 saturated heterocycles. The van der Waals surface area contributed by atoms with E-state index < -0.39 is 0 Å². The third-order valence-electron chi connectivity index (χ3n) is 2.86. The summed E-state index contributed by atoms with van der Waals surface area (Å²) in [5.74, 6) is 0.378. The first-order chi connectivity index (χ1) is 9.10. The van der Waals surface area contributed by atoms with Crippen LogP contribution in [0, 0.1) is 0 Å². The predicted molar refractivity (Wildman–Crippen MR) is 76.9 cm³/mol. The maximum atomic E-state index is 11.9. The van der Waals surface area contributed by atoms with Crippen molar-refractivity contribution >= 4 is 21.8 Å². The summed E-state index contributed by atoms with van der Waals surface area (Å²) in [6.07, 6.45) is 0.878. The molecule has 1 atom stereocenters. The Bertz CT molecular complexity index is 563. The van der Waals surface area contributed by atoms with E-state index in [1.54, 1.807) is 6.07 Å². The maximum absolute atomic E-state index is 11.9. The molecule has 19 heavy (non-hydrogen) atoms. The Morgan fingerprint density at radius 3 is 2.74 bits per heavy atom. The molecule has 2 aromatic rings. The van der Waals surface area contributed by atoms with Crippen LogP contribution < -0.4 is 5.32 Å². The first-order valence-electron chi connectivity index (χ1n) is 6.13. The lowest BCUT2D eigenvalue weighted by Crippen LogP contribution is -2.32. The Labute approximate surface area is 120 Å². The van der Waals surface area contributed by atoms with Crippen LogP contribution in [0.15, 0.2) is 39.3 Å². The highest BCUT2D eigenvalue weighted by Gasteiger charge is 2.14. The van der Waals surface area contributed by atoms with E-state index in [0.29, 0.717) is 11.5 Å². The fourth-order valence-corrected chi connectivity index (χ4v) is 1.80. The lowest BCUT2D eigenvalue weighted by atomic mass is 10.1. The third kappa shape index (κ3) is 3.44. The SMILES string of the molecule is CC[C@@H](C)NC(=O)c1cc(-c2ccc(Br)cc2)on1. The van der Waals surface area contributed by atoms with Gasteiger partial charge < -0.3 is 9.84 Å². The maximum Gasteiger partial charge on any atom is 0.273 e. The fraction of sp³-hybridized carbons (Fsp3) is 0.286. The summed E-state index contributed by atoms with van der Waals surface area (Å²) >= 11 is 3.37. The van der Waals surface area contributed by atoms with E-state index in [4.69, 9.17) is 4.52 Å². The summed E-state index contributed by atoms with van der Waals surface area (Å²) in [6.45, 7) is 3.97. The molecular formula is C14H15BrN2O2. The topological polar surface area (TPSA) is 55.1 Å². The number of hydrogen-bond donors (Lipinski definition) is 1. The molecule has 1 aromatic heterocycles. The zero-order valence-corrected chi connectivity index (χ0v) is 12.4. The lowest BCUT2D eigenvalue weighted by molar-refractivity contribution is 0.0930. The van der Waals surface area contributed by atoms with Gasteiger partial charge in [-0.25, -0.2) is 0 Å². The van der Waals surface area contributed by atoms with Gasteiger partial charge >= 0.3 is 0 Å². The van der Waals surface area contributed by atoms with Gasteiger partial charge in [-0.3, -0.25) is 4.79 Å². The monoisotopic (exact) mass is 322 g/mol. The Kier molecular flexibility index (Phi) is 4.37. The van der Waals surface area contributed by atoms with Crippen molar-refractivity contribution in [2.24, 2.45) is 0 Å². The number of rotatable bonds is 4. The van der Waals surface area contributed by atoms with Crippen LogP contribution >= 0.6 is 15.9 Å². The molecule has 5 heteroatoms. The van der Waals surface area contributed by atoms with Crippen molar-refractivity contribution in [1.29, 1.82) is 0 Å². The molecule has 0 unspecified atom stereocenters. The van der Waals surface area contributed by atoms with Crippen molar-refractivity contribution in [1.82, 2.24) is 10.5 Å². The summed E-state index contributed by atoms with van der Waals surface area (Å²) in [5, 5.41) is 6.65. The molecule has 1 aromatic carbocycles. The number of hydrogen-bond acceptors (Lipinski definition) is 3. The minimum atomic E-state index is -0.207. The van der Waals surface area contributed by atoms with Crippen LogP contribution in [0.25, 0.3) is 11.3 Å². The van der Waals surface area contributed by atoms with E-state index in [1.165, 1.54) is 0 Å². The van der Waals surface area contributed by atoms with Crippen LogP contribution in [-0.2, 0) is 0 Å². The van der Waals surface area contributed by atoms with Crippen LogP contribution in [0.2, 0.25) is 0 Å². The van der Waals surface area contributed by atoms with Gasteiger partial charge in [0.25, 0.3) is 5.91 Å². The summed E-state index contributed by atoms with van der Waals surface area (Å²) in [5.41, 5.74) is 1.19. The van der Waals surface area contributed by atoms with Crippen molar-refractivity contribution in [3.63, 3.8) is 0 Å². The fourth-order valence-electron chi connectivity index (χ4n) is 1.53. The van der Waals surface area contributed by atoms with E-state index in [-0.39, 0.29) is 11.9 Å². The summed E-state index contributed by atoms with van der Waals surface area (Å²) in [6, 6.07) is 9.41. The molecule has 1 N–H and O–H groups in total. The van der Waals surface area contributed by atoms with Crippen molar-refractivity contribution < 1.29 is 9.32 Å². The molecule has 0 aliphatic heterocycles. The van der Waals surface area contributed by atoms with Gasteiger partial charge in [-0.1, -0.05) is 40.1 Å². The molecule has 0 bridgehead atoms. The molecule has 0 radical (unpaired) electrons. The molecule has 0 fully saturated rings. The van der Waals surface area contributed by atoms with E-state index in [0.717, 1.165) is 16.5 Å². The number of carbonyl (C=O) groups is 1. The quantitative estimate of drug-likeness (QED) is 0.935. The van der Waals surface area contributed by atoms with Crippen molar-refractivity contribution in [3.8, 4) is 11.3 Å². The number of carbonyl (C=O) groups excluding carboxylic acids is 1. The van der Waals surface area contributed by atoms with E-state index >= 15 is 0 Å². The van der Waals surface area contributed by atoms with Crippen molar-refractivity contribution in [2.75, 3.05) is 0 Å². The molecule has 0 aliphatic rings. The van der Waals surface area contributed by atoms with Gasteiger partial charge in [0.2, 0.25) is 0 Å². The van der Waals surface area contributed by atoms with E-state index in [2.05, 4.69) is 26.4 Å². The second-order valence-corrected chi connectivity index (χ2v) is 5.28. The largest absolute Gasteiger partial charge is 0.355 e. The van der Waals surface area contributed by atoms with Crippen molar-refractivity contribution in [2.45, 2.75) is 26.3 Å². The lowest BCUT2D eigenvalue weighted by Gasteiger charge is -2.08. The third-order valence-corrected chi connectivity index (χ3v) is 3.39. The molecule has 1 heterocycles. The van der Waals surface area contributed by atoms with Gasteiger partial charge in [-0.05, 0) is 25.5 Å². The molecule has 0 aliphatic carbocycles. The zero-order chi connectivity index (χ0) is 13.8. The van der Waals surface area contributed by atoms with Crippen molar-refractivity contribution in [3.05, 3.63) is 40.5 Å². The molecule has 1 amide bonds. The first-order valence-corrected chi connectivity index (χ1v) is 6.93. The highest BCUT2D eigenvalue weighted by Crippen LogP contribution is 2.22. The Balaban J connectivity index is 2.15. The van der Waals surface area contributed by atoms with Gasteiger partial charge in [-0.15, -0.1) is 0 Å². The Morgan fingerprint density at radius 1 is 1.42 bits per heavy atom. The smallest absolute Gasteiger partial charge is 0.273 e. The second kappa shape index (κ2) is 6.02. The van der Waals surface area contributed by atoms with Gasteiger partial charge in [-0.2, -0.15) is 0 Å². The van der Waals surface area contributed by atoms with E-state index in [9.17, 15) is 4.79 Å². The molecular weight excluding hydrogens is 308 g/mol. The number of amides is 1. The highest BCUT2D eigenvalue weighted by atomic mass is 79.9. The van der Waals surface area contributed by atoms with Crippen LogP contribution in [0.5, 0.6) is 0 Å². The average molecular weight is 323 g/mol. The number of halogens is 1. The number of nitrogens with one attached hydrogen (secondary N) is 1. The second-order valence-electron chi connectivity index (χ2n) is 4.37. The number of benzene rings is 1. The molecule has 4 nitrogen and oxygen atoms in total. The zero-order valence-electron chi connectivity index (χ0n) is 10.8. The Morgan fingerprint density at radius 2 is 2.11 bits per heavy atom.